The van der Waals surface area contributed by atoms with Crippen molar-refractivity contribution in [1.82, 2.24) is 0 Å². The Morgan fingerprint density at radius 3 is 0.893 bits per heavy atom. The molecule has 0 aliphatic carbocycles. The van der Waals surface area contributed by atoms with Crippen molar-refractivity contribution in [2.24, 2.45) is 0 Å². The molecule has 0 spiro atoms. The predicted octanol–water partition coefficient (Wildman–Crippen LogP) is 6.23. The van der Waals surface area contributed by atoms with Crippen LogP contribution in [0.3, 0.4) is 0 Å². The number of hydrogen-bond donors (Lipinski definition) is 1. The Balaban J connectivity index is 8.23. The van der Waals surface area contributed by atoms with Crippen molar-refractivity contribution >= 4 is 6.79 Å². The molecule has 0 aromatic rings. The number of halogens is 17. The van der Waals surface area contributed by atoms with E-state index in [0.717, 1.165) is 0 Å². The molecule has 0 aromatic carbocycles. The summed E-state index contributed by atoms with van der Waals surface area (Å²) < 4.78 is 222. The summed E-state index contributed by atoms with van der Waals surface area (Å²) in [5.74, 6) is 0. The average molecular weight is 487 g/mol. The average Bonchev–Trinajstić information content (AvgIpc) is 2.41. The Labute approximate surface area is 141 Å². The van der Waals surface area contributed by atoms with Gasteiger partial charge in [0.1, 0.15) is 0 Å². The Morgan fingerprint density at radius 2 is 0.750 bits per heavy atom. The van der Waals surface area contributed by atoms with Gasteiger partial charge in [0.05, 0.1) is 0 Å². The zero-order chi connectivity index (χ0) is 23.5. The molecule has 0 fully saturated rings. The van der Waals surface area contributed by atoms with E-state index in [1.165, 1.54) is 0 Å². The summed E-state index contributed by atoms with van der Waals surface area (Å²) in [6, 6.07) is 0. The third kappa shape index (κ3) is 2.40. The van der Waals surface area contributed by atoms with Crippen molar-refractivity contribution < 1.29 is 83.9 Å². The molecule has 0 radical (unpaired) electrons. The first-order valence-corrected chi connectivity index (χ1v) is 8.26. The summed E-state index contributed by atoms with van der Waals surface area (Å²) in [4.78, 5) is 0. The SMILES string of the molecule is OCCO[P-](F)(F)(C(F)(F)C(F)(F)F)(C(F)(F)C(F)(F)F)C(F)(F)C(F)(F)F. The van der Waals surface area contributed by atoms with Crippen molar-refractivity contribution in [3.8, 4) is 0 Å². The molecule has 174 valence electrons. The van der Waals surface area contributed by atoms with Crippen LogP contribution in [0.25, 0.3) is 0 Å². The van der Waals surface area contributed by atoms with Gasteiger partial charge in [-0.1, -0.05) is 0 Å². The second-order valence-corrected chi connectivity index (χ2v) is 9.57. The topological polar surface area (TPSA) is 29.5 Å². The summed E-state index contributed by atoms with van der Waals surface area (Å²) in [7, 11) is 0. The van der Waals surface area contributed by atoms with Gasteiger partial charge >= 0.3 is 139 Å². The molecule has 0 rings (SSSR count). The number of hydrogen-bond acceptors (Lipinski definition) is 2. The molecule has 28 heavy (non-hydrogen) atoms. The number of rotatable bonds is 6. The van der Waals surface area contributed by atoms with Crippen molar-refractivity contribution in [3.63, 3.8) is 0 Å². The van der Waals surface area contributed by atoms with E-state index in [0.29, 0.717) is 0 Å². The molecule has 0 saturated carbocycles. The van der Waals surface area contributed by atoms with E-state index in [1.807, 2.05) is 0 Å². The first-order valence-electron chi connectivity index (χ1n) is 5.88. The fraction of sp³-hybridized carbons (Fsp3) is 1.00. The quantitative estimate of drug-likeness (QED) is 0.356. The zero-order valence-electron chi connectivity index (χ0n) is 12.1. The molecule has 0 atom stereocenters. The van der Waals surface area contributed by atoms with Crippen molar-refractivity contribution in [3.05, 3.63) is 0 Å². The fourth-order valence-electron chi connectivity index (χ4n) is 1.84. The van der Waals surface area contributed by atoms with Crippen molar-refractivity contribution in [1.29, 1.82) is 0 Å². The van der Waals surface area contributed by atoms with Crippen LogP contribution in [0, 0.1) is 0 Å². The van der Waals surface area contributed by atoms with Gasteiger partial charge in [0, 0.05) is 0 Å². The summed E-state index contributed by atoms with van der Waals surface area (Å²) in [5.41, 5.74) is -28.2. The molecule has 0 aliphatic heterocycles. The molecule has 1 N–H and O–H groups in total. The number of aliphatic hydroxyl groups excluding tert-OH is 1. The Bertz CT molecular complexity index is 536. The molecule has 0 aromatic heterocycles. The van der Waals surface area contributed by atoms with E-state index in [4.69, 9.17) is 5.11 Å². The van der Waals surface area contributed by atoms with Gasteiger partial charge in [-0.2, -0.15) is 0 Å². The van der Waals surface area contributed by atoms with E-state index >= 15 is 0 Å². The van der Waals surface area contributed by atoms with E-state index in [-0.39, 0.29) is 0 Å². The second-order valence-electron chi connectivity index (χ2n) is 4.99. The van der Waals surface area contributed by atoms with Gasteiger partial charge in [-0.3, -0.25) is 0 Å². The van der Waals surface area contributed by atoms with Crippen LogP contribution >= 0.6 is 6.79 Å². The van der Waals surface area contributed by atoms with Crippen LogP contribution in [0.4, 0.5) is 74.3 Å². The standard InChI is InChI=1S/C8H5F17O2P/c9-3(10,11)6(18,19)28(24,25,27-2-1-26,7(20,21)4(12,13)14)8(22,23)5(15,16)17/h26H,1-2H2/q-1. The molecular weight excluding hydrogens is 482 g/mol. The second kappa shape index (κ2) is 5.86. The van der Waals surface area contributed by atoms with Crippen LogP contribution in [0.15, 0.2) is 0 Å². The Hall–Kier alpha value is -0.840. The third-order valence-corrected chi connectivity index (χ3v) is 8.49. The van der Waals surface area contributed by atoms with Crippen LogP contribution in [-0.2, 0) is 4.52 Å². The molecule has 0 heterocycles. The van der Waals surface area contributed by atoms with Crippen molar-refractivity contribution in [2.75, 3.05) is 13.2 Å². The molecule has 2 nitrogen and oxygen atoms in total. The van der Waals surface area contributed by atoms with Gasteiger partial charge in [0.25, 0.3) is 0 Å². The van der Waals surface area contributed by atoms with E-state index in [2.05, 4.69) is 0 Å². The molecule has 0 saturated heterocycles. The molecule has 20 heteroatoms. The summed E-state index contributed by atoms with van der Waals surface area (Å²) >= 11 is 0. The van der Waals surface area contributed by atoms with Crippen LogP contribution in [0.1, 0.15) is 0 Å². The monoisotopic (exact) mass is 487 g/mol. The Morgan fingerprint density at radius 1 is 0.536 bits per heavy atom. The van der Waals surface area contributed by atoms with Crippen LogP contribution in [0.5, 0.6) is 0 Å². The summed E-state index contributed by atoms with van der Waals surface area (Å²) in [6.07, 6.45) is -25.6. The first-order chi connectivity index (χ1) is 11.7. The molecule has 0 amide bonds. The molecule has 0 aliphatic rings. The summed E-state index contributed by atoms with van der Waals surface area (Å²) in [5, 5.41) is 8.05. The van der Waals surface area contributed by atoms with Crippen LogP contribution in [0.2, 0.25) is 0 Å². The van der Waals surface area contributed by atoms with Crippen molar-refractivity contribution in [2.45, 2.75) is 35.5 Å². The molecular formula is C8H5F17O2P-. The molecule has 0 unspecified atom stereocenters. The zero-order valence-corrected chi connectivity index (χ0v) is 13.0. The van der Waals surface area contributed by atoms with Gasteiger partial charge in [0.2, 0.25) is 0 Å². The predicted molar refractivity (Wildman–Crippen MR) is 55.2 cm³/mol. The van der Waals surface area contributed by atoms with E-state index in [1.54, 1.807) is 4.52 Å². The fourth-order valence-corrected chi connectivity index (χ4v) is 5.53. The van der Waals surface area contributed by atoms with Gasteiger partial charge in [-0.05, 0) is 0 Å². The first kappa shape index (κ1) is 27.2. The van der Waals surface area contributed by atoms with E-state index in [9.17, 15) is 74.3 Å². The normalized spacial score (nSPS) is 18.6. The van der Waals surface area contributed by atoms with Crippen LogP contribution < -0.4 is 0 Å². The van der Waals surface area contributed by atoms with Gasteiger partial charge in [0.15, 0.2) is 0 Å². The van der Waals surface area contributed by atoms with E-state index < -0.39 is 55.5 Å². The number of alkyl halides is 15. The maximum atomic E-state index is 14.6. The minimum absolute atomic E-state index is 1.67. The van der Waals surface area contributed by atoms with Gasteiger partial charge in [-0.15, -0.1) is 0 Å². The van der Waals surface area contributed by atoms with Gasteiger partial charge < -0.3 is 0 Å². The number of aliphatic hydroxyl groups is 1. The Kier molecular flexibility index (Phi) is 5.68. The maximum absolute atomic E-state index is 14.6. The van der Waals surface area contributed by atoms with Crippen LogP contribution in [-0.4, -0.2) is 53.8 Å². The third-order valence-electron chi connectivity index (χ3n) is 3.32. The molecule has 0 bridgehead atoms. The summed E-state index contributed by atoms with van der Waals surface area (Å²) in [6.45, 7) is -20.1. The van der Waals surface area contributed by atoms with Gasteiger partial charge in [-0.25, -0.2) is 0 Å². The minimum atomic E-state index is -14.3.